The van der Waals surface area contributed by atoms with E-state index in [9.17, 15) is 9.13 Å². The topological polar surface area (TPSA) is 229 Å². The minimum Gasteiger partial charge on any atom is -0.464 e. The summed E-state index contributed by atoms with van der Waals surface area (Å²) in [7, 11) is -3.57. The molecule has 234 valence electrons. The lowest BCUT2D eigenvalue weighted by atomic mass is 10.1. The van der Waals surface area contributed by atoms with Gasteiger partial charge in [0.2, 0.25) is 11.9 Å². The summed E-state index contributed by atoms with van der Waals surface area (Å²) < 4.78 is 94.4. The Morgan fingerprint density at radius 1 is 1.07 bits per heavy atom. The molecule has 4 N–H and O–H groups in total. The minimum absolute atomic E-state index is 0.0438. The van der Waals surface area contributed by atoms with Crippen LogP contribution in [0.5, 0.6) is 0 Å². The van der Waals surface area contributed by atoms with Gasteiger partial charge in [0.1, 0.15) is 48.8 Å². The van der Waals surface area contributed by atoms with E-state index in [1.54, 1.807) is 0 Å². The third-order valence-electron chi connectivity index (χ3n) is 7.14. The molecule has 8 atom stereocenters. The van der Waals surface area contributed by atoms with Crippen molar-refractivity contribution in [3.63, 3.8) is 0 Å². The Kier molecular flexibility index (Phi) is 7.04. The van der Waals surface area contributed by atoms with Crippen molar-refractivity contribution >= 4 is 61.3 Å². The van der Waals surface area contributed by atoms with Gasteiger partial charge in [-0.1, -0.05) is 12.2 Å². The minimum atomic E-state index is -4.45. The number of thiol groups is 1. The lowest BCUT2D eigenvalue weighted by Gasteiger charge is -2.25. The van der Waals surface area contributed by atoms with Gasteiger partial charge in [-0.15, -0.1) is 0 Å². The molecule has 44 heavy (non-hydrogen) atoms. The van der Waals surface area contributed by atoms with Gasteiger partial charge in [0.05, 0.1) is 12.9 Å². The SMILES string of the molecule is C[C@@]1(F)C2=C(CO[P@](=O)(S)O[C@@H]3[C@H](F)[C@@H](CO[PH](=O)O2)O[C@H]3n2cnc3c(N)ncnc32)O[C@H]1n1cnc2c(N)ncnc21. The molecule has 0 saturated carbocycles. The lowest BCUT2D eigenvalue weighted by Crippen LogP contribution is -2.32. The molecular weight excluding hydrogens is 652 g/mol. The van der Waals surface area contributed by atoms with Crippen molar-refractivity contribution in [2.24, 2.45) is 0 Å². The van der Waals surface area contributed by atoms with Crippen molar-refractivity contribution in [2.75, 3.05) is 24.7 Å². The molecule has 3 aliphatic rings. The Morgan fingerprint density at radius 3 is 2.39 bits per heavy atom. The number of alkyl halides is 2. The van der Waals surface area contributed by atoms with Crippen molar-refractivity contribution in [1.29, 1.82) is 0 Å². The summed E-state index contributed by atoms with van der Waals surface area (Å²) >= 11 is 4.01. The lowest BCUT2D eigenvalue weighted by molar-refractivity contribution is -0.0439. The number of nitrogens with zero attached hydrogens (tertiary/aromatic N) is 8. The number of fused-ring (bicyclic) bond motifs is 4. The number of halogens is 2. The molecular formula is C21H22F2N10O8P2S. The molecule has 2 bridgehead atoms. The summed E-state index contributed by atoms with van der Waals surface area (Å²) in [6, 6.07) is 0. The number of rotatable bonds is 2. The van der Waals surface area contributed by atoms with E-state index in [0.717, 1.165) is 13.3 Å². The highest BCUT2D eigenvalue weighted by Gasteiger charge is 2.54. The second-order valence-corrected chi connectivity index (χ2v) is 13.8. The van der Waals surface area contributed by atoms with Crippen LogP contribution >= 0.6 is 27.3 Å². The monoisotopic (exact) mass is 674 g/mol. The third kappa shape index (κ3) is 4.79. The molecule has 0 radical (unpaired) electrons. The summed E-state index contributed by atoms with van der Waals surface area (Å²) in [5.41, 5.74) is 9.85. The number of hydrogen-bond donors (Lipinski definition) is 3. The fraction of sp³-hybridized carbons (Fsp3) is 0.429. The first-order valence-corrected chi connectivity index (χ1v) is 16.6. The fourth-order valence-electron chi connectivity index (χ4n) is 5.11. The predicted molar refractivity (Wildman–Crippen MR) is 148 cm³/mol. The van der Waals surface area contributed by atoms with Crippen molar-refractivity contribution in [3.05, 3.63) is 36.8 Å². The molecule has 1 unspecified atom stereocenters. The molecule has 0 aliphatic carbocycles. The Bertz CT molecular complexity index is 1890. The van der Waals surface area contributed by atoms with Crippen LogP contribution in [-0.2, 0) is 36.7 Å². The van der Waals surface area contributed by atoms with Gasteiger partial charge in [-0.2, -0.15) is 0 Å². The average Bonchev–Trinajstić information content (AvgIpc) is 3.72. The number of anilines is 2. The van der Waals surface area contributed by atoms with Crippen LogP contribution in [0.4, 0.5) is 20.4 Å². The van der Waals surface area contributed by atoms with Crippen molar-refractivity contribution < 1.29 is 45.5 Å². The normalized spacial score (nSPS) is 34.6. The first kappa shape index (κ1) is 29.3. The maximum absolute atomic E-state index is 16.5. The first-order valence-electron chi connectivity index (χ1n) is 12.7. The number of nitrogens with two attached hydrogens (primary N) is 2. The van der Waals surface area contributed by atoms with E-state index >= 15 is 8.78 Å². The summed E-state index contributed by atoms with van der Waals surface area (Å²) in [6.45, 7) is -4.76. The Balaban J connectivity index is 1.21. The zero-order valence-electron chi connectivity index (χ0n) is 22.3. The molecule has 1 saturated heterocycles. The molecule has 0 amide bonds. The maximum Gasteiger partial charge on any atom is 0.387 e. The molecule has 7 rings (SSSR count). The van der Waals surface area contributed by atoms with E-state index in [2.05, 4.69) is 42.2 Å². The first-order chi connectivity index (χ1) is 20.9. The van der Waals surface area contributed by atoms with E-state index in [4.69, 9.17) is 39.0 Å². The van der Waals surface area contributed by atoms with Gasteiger partial charge in [0, 0.05) is 0 Å². The van der Waals surface area contributed by atoms with Crippen LogP contribution in [0.1, 0.15) is 19.4 Å². The molecule has 4 aromatic heterocycles. The van der Waals surface area contributed by atoms with Crippen LogP contribution in [0.3, 0.4) is 0 Å². The van der Waals surface area contributed by atoms with Gasteiger partial charge in [-0.05, 0) is 6.92 Å². The molecule has 18 nitrogen and oxygen atoms in total. The largest absolute Gasteiger partial charge is 0.464 e. The van der Waals surface area contributed by atoms with Crippen molar-refractivity contribution in [3.8, 4) is 0 Å². The predicted octanol–water partition coefficient (Wildman–Crippen LogP) is 2.41. The highest BCUT2D eigenvalue weighted by Crippen LogP contribution is 2.59. The molecule has 3 aliphatic heterocycles. The van der Waals surface area contributed by atoms with Gasteiger partial charge >= 0.3 is 15.1 Å². The number of hydrogen-bond acceptors (Lipinski definition) is 16. The Labute approximate surface area is 250 Å². The summed E-state index contributed by atoms with van der Waals surface area (Å²) in [6.07, 6.45) is -3.09. The number of ether oxygens (including phenoxy) is 2. The van der Waals surface area contributed by atoms with Gasteiger partial charge in [0.15, 0.2) is 46.8 Å². The smallest absolute Gasteiger partial charge is 0.387 e. The standard InChI is InChI=1S/C21H22F2N10O8P2S/c1-21(23)14-9(39-20(21)33-7-31-12-16(25)27-5-29-18(12)33)3-37-43(35,44)41-13-10(22)8(2-36-42(34)40-14)38-19(13)32-6-30-11-15(24)26-4-28-17(11)32/h4-8,10,13,19-20,42H,2-3H2,1H3,(H,35,44)(H2,24,26,28)(H2,25,27,29)/t8-,10-,13-,19-,20-,21-,43+/m1/s1. The fourth-order valence-corrected chi connectivity index (χ4v) is 7.32. The van der Waals surface area contributed by atoms with Gasteiger partial charge < -0.3 is 25.5 Å². The van der Waals surface area contributed by atoms with Gasteiger partial charge in [-0.25, -0.2) is 47.8 Å². The van der Waals surface area contributed by atoms with E-state index < -0.39 is 70.5 Å². The molecule has 4 aromatic rings. The highest BCUT2D eigenvalue weighted by molar-refractivity contribution is 8.44. The van der Waals surface area contributed by atoms with Crippen LogP contribution < -0.4 is 11.5 Å². The molecule has 0 spiro atoms. The summed E-state index contributed by atoms with van der Waals surface area (Å²) in [5.74, 6) is -0.848. The third-order valence-corrected chi connectivity index (χ3v) is 9.51. The van der Waals surface area contributed by atoms with Gasteiger partial charge in [0.25, 0.3) is 0 Å². The van der Waals surface area contributed by atoms with Crippen LogP contribution in [0.25, 0.3) is 22.3 Å². The molecule has 23 heteroatoms. The molecule has 1 fully saturated rings. The van der Waals surface area contributed by atoms with E-state index in [0.29, 0.717) is 0 Å². The van der Waals surface area contributed by atoms with Crippen molar-refractivity contribution in [1.82, 2.24) is 39.0 Å². The zero-order valence-corrected chi connectivity index (χ0v) is 25.0. The number of nitrogen functional groups attached to an aromatic ring is 2. The van der Waals surface area contributed by atoms with E-state index in [1.165, 1.54) is 28.1 Å². The Morgan fingerprint density at radius 2 is 1.70 bits per heavy atom. The molecule has 7 heterocycles. The zero-order chi connectivity index (χ0) is 31.0. The molecule has 0 aromatic carbocycles. The van der Waals surface area contributed by atoms with Crippen LogP contribution in [0.2, 0.25) is 0 Å². The van der Waals surface area contributed by atoms with E-state index in [1.807, 2.05) is 0 Å². The highest BCUT2D eigenvalue weighted by atomic mass is 32.7. The van der Waals surface area contributed by atoms with Crippen molar-refractivity contribution in [2.45, 2.75) is 43.4 Å². The maximum atomic E-state index is 16.5. The van der Waals surface area contributed by atoms with E-state index in [-0.39, 0.29) is 39.7 Å². The quantitative estimate of drug-likeness (QED) is 0.205. The Hall–Kier alpha value is -3.45. The second-order valence-electron chi connectivity index (χ2n) is 9.95. The summed E-state index contributed by atoms with van der Waals surface area (Å²) in [5, 5.41) is 0. The average molecular weight is 674 g/mol. The van der Waals surface area contributed by atoms with Crippen LogP contribution in [-0.4, -0.2) is 76.3 Å². The number of imidazole rings is 2. The van der Waals surface area contributed by atoms with Crippen LogP contribution in [0.15, 0.2) is 36.8 Å². The summed E-state index contributed by atoms with van der Waals surface area (Å²) in [4.78, 5) is 24.2. The number of aromatic nitrogens is 8. The second kappa shape index (κ2) is 10.6. The van der Waals surface area contributed by atoms with Crippen LogP contribution in [0, 0.1) is 0 Å². The van der Waals surface area contributed by atoms with Gasteiger partial charge in [-0.3, -0.25) is 22.7 Å².